The van der Waals surface area contributed by atoms with Crippen LogP contribution in [0, 0.1) is 28.7 Å². The topological polar surface area (TPSA) is 168 Å². The van der Waals surface area contributed by atoms with Gasteiger partial charge >= 0.3 is 6.03 Å². The number of urea groups is 1. The predicted molar refractivity (Wildman–Crippen MR) is 270 cm³/mol. The molecule has 4 aromatic carbocycles. The van der Waals surface area contributed by atoms with E-state index in [4.69, 9.17) is 26.8 Å². The zero-order valence-electron chi connectivity index (χ0n) is 41.6. The Bertz CT molecular complexity index is 3050. The Morgan fingerprint density at radius 3 is 2.35 bits per heavy atom. The zero-order valence-corrected chi connectivity index (χ0v) is 42.3. The first kappa shape index (κ1) is 50.4. The van der Waals surface area contributed by atoms with Crippen molar-refractivity contribution in [3.05, 3.63) is 105 Å². The number of halogens is 5. The van der Waals surface area contributed by atoms with Crippen LogP contribution in [-0.2, 0) is 17.4 Å². The molecule has 2 atom stereocenters. The molecule has 11 rings (SSSR count). The number of likely N-dealkylation sites (tertiary alicyclic amines) is 2. The molecule has 3 saturated heterocycles. The Labute approximate surface area is 431 Å². The minimum Gasteiger partial charge on any atom is -0.488 e. The summed E-state index contributed by atoms with van der Waals surface area (Å²) in [5.41, 5.74) is 5.65. The van der Waals surface area contributed by atoms with Gasteiger partial charge in [-0.2, -0.15) is 5.10 Å². The molecule has 4 amide bonds. The van der Waals surface area contributed by atoms with Crippen LogP contribution in [0.25, 0.3) is 22.0 Å². The number of anilines is 1. The molecule has 0 radical (unpaired) electrons. The number of primary amides is 1. The van der Waals surface area contributed by atoms with Gasteiger partial charge in [-0.3, -0.25) is 24.5 Å². The number of imide groups is 1. The fourth-order valence-electron chi connectivity index (χ4n) is 13.8. The quantitative estimate of drug-likeness (QED) is 0.0794. The standard InChI is InChI=1S/C55H61ClF4N8O6/c1-31-42-40(27-38(58)46(56)45(42)44-35(50(61)71)8-9-39(47(44)59)73-25-24-69)74-55(31,33-6-4-3-5-7-33)29-62-54-17-15-53(28-54,16-18-54)30-66-19-12-34(13-20-66)67-21-10-32(11-22-67)43-37(57)26-36-49(48(43)60)65(2)64-51(36)68-23-14-41(70)63-52(68)72/h3-9,26-27,31-32,34,62,69H,10-25,28-30H2,1-2H3,(H2,61,71)(H,63,70,72). The molecule has 1 aromatic heterocycles. The Hall–Kier alpha value is -5.79. The van der Waals surface area contributed by atoms with Crippen LogP contribution in [0.1, 0.15) is 110 Å². The molecule has 14 nitrogen and oxygen atoms in total. The average Bonchev–Trinajstić information content (AvgIpc) is 4.12. The number of rotatable bonds is 14. The summed E-state index contributed by atoms with van der Waals surface area (Å²) >= 11 is 6.78. The van der Waals surface area contributed by atoms with E-state index in [0.717, 1.165) is 83.2 Å². The number of ether oxygens (including phenoxy) is 2. The van der Waals surface area contributed by atoms with Crippen molar-refractivity contribution in [2.75, 3.05) is 63.9 Å². The van der Waals surface area contributed by atoms with Gasteiger partial charge in [0.05, 0.1) is 22.6 Å². The van der Waals surface area contributed by atoms with Gasteiger partial charge in [0.15, 0.2) is 28.8 Å². The number of amides is 4. The smallest absolute Gasteiger partial charge is 0.329 e. The molecular formula is C55H61ClF4N8O6. The third-order valence-electron chi connectivity index (χ3n) is 17.5. The van der Waals surface area contributed by atoms with E-state index in [0.29, 0.717) is 31.0 Å². The lowest BCUT2D eigenvalue weighted by Crippen LogP contribution is -2.51. The summed E-state index contributed by atoms with van der Waals surface area (Å²) in [6.45, 7) is 6.20. The highest BCUT2D eigenvalue weighted by Gasteiger charge is 2.57. The number of aryl methyl sites for hydroxylation is 1. The summed E-state index contributed by atoms with van der Waals surface area (Å²) < 4.78 is 78.7. The molecule has 2 bridgehead atoms. The minimum atomic E-state index is -1.08. The van der Waals surface area contributed by atoms with Gasteiger partial charge in [-0.05, 0) is 119 Å². The van der Waals surface area contributed by atoms with Crippen LogP contribution in [0.4, 0.5) is 28.2 Å². The number of hydrogen-bond donors (Lipinski definition) is 4. The van der Waals surface area contributed by atoms with Gasteiger partial charge < -0.3 is 35.4 Å². The summed E-state index contributed by atoms with van der Waals surface area (Å²) in [4.78, 5) is 43.6. The molecule has 2 saturated carbocycles. The summed E-state index contributed by atoms with van der Waals surface area (Å²) in [5.74, 6) is -5.22. The van der Waals surface area contributed by atoms with Crippen LogP contribution in [0.15, 0.2) is 54.6 Å². The van der Waals surface area contributed by atoms with Crippen LogP contribution in [0.2, 0.25) is 5.02 Å². The molecule has 6 aliphatic rings. The maximum atomic E-state index is 16.6. The predicted octanol–water partition coefficient (Wildman–Crippen LogP) is 8.39. The number of nitrogens with two attached hydrogens (primary N) is 1. The second-order valence-corrected chi connectivity index (χ2v) is 22.0. The van der Waals surface area contributed by atoms with Crippen LogP contribution in [0.5, 0.6) is 11.5 Å². The fraction of sp³-hybridized carbons (Fsp3) is 0.491. The van der Waals surface area contributed by atoms with E-state index >= 15 is 17.6 Å². The Balaban J connectivity index is 0.745. The van der Waals surface area contributed by atoms with Gasteiger partial charge in [0, 0.05) is 78.9 Å². The van der Waals surface area contributed by atoms with Crippen molar-refractivity contribution in [3.63, 3.8) is 0 Å². The number of nitrogens with zero attached hydrogens (tertiary/aromatic N) is 5. The molecule has 392 valence electrons. The molecule has 5 heterocycles. The maximum absolute atomic E-state index is 16.6. The zero-order chi connectivity index (χ0) is 51.8. The van der Waals surface area contributed by atoms with Crippen molar-refractivity contribution in [3.8, 4) is 22.6 Å². The van der Waals surface area contributed by atoms with Crippen LogP contribution in [0.3, 0.4) is 0 Å². The number of fused-ring (bicyclic) bond motifs is 4. The summed E-state index contributed by atoms with van der Waals surface area (Å²) in [6, 6.07) is 14.5. The lowest BCUT2D eigenvalue weighted by Gasteiger charge is -2.43. The number of aliphatic hydroxyl groups is 1. The van der Waals surface area contributed by atoms with Gasteiger partial charge in [0.1, 0.15) is 29.5 Å². The van der Waals surface area contributed by atoms with Crippen molar-refractivity contribution in [2.45, 2.75) is 100 Å². The van der Waals surface area contributed by atoms with Crippen LogP contribution >= 0.6 is 11.6 Å². The highest BCUT2D eigenvalue weighted by atomic mass is 35.5. The first-order chi connectivity index (χ1) is 35.5. The Kier molecular flexibility index (Phi) is 13.2. The largest absolute Gasteiger partial charge is 0.488 e. The molecule has 2 aliphatic carbocycles. The number of aromatic nitrogens is 2. The fourth-order valence-corrected chi connectivity index (χ4v) is 14.0. The van der Waals surface area contributed by atoms with E-state index < -0.39 is 52.6 Å². The lowest BCUT2D eigenvalue weighted by molar-refractivity contribution is -0.120. The van der Waals surface area contributed by atoms with Gasteiger partial charge in [0.25, 0.3) is 0 Å². The molecule has 0 spiro atoms. The Morgan fingerprint density at radius 1 is 0.932 bits per heavy atom. The van der Waals surface area contributed by atoms with Crippen molar-refractivity contribution < 1.29 is 46.5 Å². The number of hydrogen-bond acceptors (Lipinski definition) is 10. The molecule has 4 aliphatic heterocycles. The third kappa shape index (κ3) is 8.57. The van der Waals surface area contributed by atoms with E-state index in [1.165, 1.54) is 33.8 Å². The number of carbonyl (C=O) groups is 3. The lowest BCUT2D eigenvalue weighted by atomic mass is 9.77. The molecule has 5 N–H and O–H groups in total. The van der Waals surface area contributed by atoms with Gasteiger partial charge in [-0.15, -0.1) is 0 Å². The van der Waals surface area contributed by atoms with Crippen molar-refractivity contribution in [2.24, 2.45) is 18.2 Å². The highest BCUT2D eigenvalue weighted by molar-refractivity contribution is 6.34. The van der Waals surface area contributed by atoms with E-state index in [9.17, 15) is 19.5 Å². The molecule has 74 heavy (non-hydrogen) atoms. The van der Waals surface area contributed by atoms with E-state index in [1.807, 2.05) is 37.3 Å². The monoisotopic (exact) mass is 1040 g/mol. The number of piperidine rings is 2. The maximum Gasteiger partial charge on any atom is 0.329 e. The Morgan fingerprint density at radius 2 is 1.66 bits per heavy atom. The second-order valence-electron chi connectivity index (χ2n) is 21.6. The van der Waals surface area contributed by atoms with E-state index in [2.05, 4.69) is 25.5 Å². The van der Waals surface area contributed by atoms with Crippen molar-refractivity contribution >= 4 is 46.2 Å². The second kappa shape index (κ2) is 19.4. The first-order valence-corrected chi connectivity index (χ1v) is 26.2. The van der Waals surface area contributed by atoms with Gasteiger partial charge in [-0.25, -0.2) is 22.4 Å². The van der Waals surface area contributed by atoms with E-state index in [1.54, 1.807) is 7.05 Å². The number of nitrogens with one attached hydrogen (secondary N) is 2. The molecular weight excluding hydrogens is 980 g/mol. The SMILES string of the molecule is CC1c2c(cc(F)c(Cl)c2-c2c(C(N)=O)ccc(OCCO)c2F)OC1(CNC12CCC(CN3CCC(N4CCC(c5c(F)cc6c(N7CCC(=O)NC7=O)nn(C)c6c5F)CC4)CC3)(CC1)C2)c1ccccc1. The first-order valence-electron chi connectivity index (χ1n) is 25.8. The highest BCUT2D eigenvalue weighted by Crippen LogP contribution is 2.60. The summed E-state index contributed by atoms with van der Waals surface area (Å²) in [7, 11) is 1.58. The molecule has 2 unspecified atom stereocenters. The third-order valence-corrected chi connectivity index (χ3v) is 17.9. The van der Waals surface area contributed by atoms with Crippen molar-refractivity contribution in [1.82, 2.24) is 30.2 Å². The van der Waals surface area contributed by atoms with Crippen LogP contribution < -0.4 is 30.7 Å². The minimum absolute atomic E-state index is 0.0343. The summed E-state index contributed by atoms with van der Waals surface area (Å²) in [6.07, 6.45) is 8.45. The van der Waals surface area contributed by atoms with Crippen molar-refractivity contribution in [1.29, 1.82) is 0 Å². The summed E-state index contributed by atoms with van der Waals surface area (Å²) in [5, 5.41) is 19.9. The number of benzene rings is 4. The number of aliphatic hydroxyl groups excluding tert-OH is 1. The normalized spacial score (nSPS) is 25.7. The molecule has 5 fully saturated rings. The molecule has 5 aromatic rings. The molecule has 19 heteroatoms. The van der Waals surface area contributed by atoms with Crippen LogP contribution in [-0.4, -0.2) is 113 Å². The van der Waals surface area contributed by atoms with Gasteiger partial charge in [0.2, 0.25) is 11.8 Å². The number of carbonyl (C=O) groups excluding carboxylic acids is 3. The van der Waals surface area contributed by atoms with E-state index in [-0.39, 0.29) is 98.5 Å². The van der Waals surface area contributed by atoms with Gasteiger partial charge in [-0.1, -0.05) is 48.9 Å². The average molecular weight is 1040 g/mol.